The average Bonchev–Trinajstić information content (AvgIpc) is 3.12. The average molecular weight is 335 g/mol. The Hall–Kier alpha value is -2.73. The van der Waals surface area contributed by atoms with Gasteiger partial charge in [0.05, 0.1) is 12.2 Å². The Kier molecular flexibility index (Phi) is 4.43. The van der Waals surface area contributed by atoms with Gasteiger partial charge in [-0.15, -0.1) is 5.10 Å². The molecule has 4 rings (SSSR count). The highest BCUT2D eigenvalue weighted by Gasteiger charge is 2.22. The molecular weight excluding hydrogens is 314 g/mol. The van der Waals surface area contributed by atoms with Crippen LogP contribution in [0.2, 0.25) is 0 Å². The first-order valence-corrected chi connectivity index (χ1v) is 8.63. The van der Waals surface area contributed by atoms with Crippen LogP contribution in [0.3, 0.4) is 0 Å². The van der Waals surface area contributed by atoms with Gasteiger partial charge < -0.3 is 5.11 Å². The maximum atomic E-state index is 9.43. The predicted octanol–water partition coefficient (Wildman–Crippen LogP) is 2.75. The van der Waals surface area contributed by atoms with Crippen LogP contribution in [0.15, 0.2) is 54.6 Å². The number of nitrogens with zero attached hydrogens (tertiary/aromatic N) is 5. The topological polar surface area (TPSA) is 67.1 Å². The quantitative estimate of drug-likeness (QED) is 0.794. The zero-order valence-corrected chi connectivity index (χ0v) is 14.0. The molecule has 1 aromatic heterocycles. The second kappa shape index (κ2) is 7.03. The predicted molar refractivity (Wildman–Crippen MR) is 94.5 cm³/mol. The maximum Gasteiger partial charge on any atom is 0.170 e. The molecule has 0 atom stereocenters. The van der Waals surface area contributed by atoms with Crippen molar-refractivity contribution in [2.75, 3.05) is 13.1 Å². The summed E-state index contributed by atoms with van der Waals surface area (Å²) in [5.41, 5.74) is 2.30. The van der Waals surface area contributed by atoms with Crippen LogP contribution in [0.5, 0.6) is 5.75 Å². The van der Waals surface area contributed by atoms with Gasteiger partial charge in [-0.1, -0.05) is 30.3 Å². The first kappa shape index (κ1) is 15.8. The Morgan fingerprint density at radius 2 is 1.68 bits per heavy atom. The molecule has 2 heterocycles. The normalized spacial score (nSPS) is 16.2. The first-order valence-electron chi connectivity index (χ1n) is 8.63. The molecular formula is C19H21N5O. The summed E-state index contributed by atoms with van der Waals surface area (Å²) < 4.78 is 1.81. The third kappa shape index (κ3) is 3.53. The van der Waals surface area contributed by atoms with Gasteiger partial charge in [0.1, 0.15) is 5.75 Å². The van der Waals surface area contributed by atoms with Crippen molar-refractivity contribution in [1.29, 1.82) is 0 Å². The molecule has 128 valence electrons. The fourth-order valence-electron chi connectivity index (χ4n) is 3.44. The lowest BCUT2D eigenvalue weighted by Crippen LogP contribution is -2.33. The van der Waals surface area contributed by atoms with E-state index < -0.39 is 0 Å². The zero-order chi connectivity index (χ0) is 17.1. The largest absolute Gasteiger partial charge is 0.508 e. The third-order valence-electron chi connectivity index (χ3n) is 4.85. The van der Waals surface area contributed by atoms with Crippen molar-refractivity contribution >= 4 is 0 Å². The van der Waals surface area contributed by atoms with E-state index in [2.05, 4.69) is 20.4 Å². The minimum Gasteiger partial charge on any atom is -0.508 e. The molecule has 0 unspecified atom stereocenters. The van der Waals surface area contributed by atoms with Gasteiger partial charge in [-0.05, 0) is 72.1 Å². The molecule has 25 heavy (non-hydrogen) atoms. The van der Waals surface area contributed by atoms with E-state index in [4.69, 9.17) is 0 Å². The highest BCUT2D eigenvalue weighted by atomic mass is 16.3. The van der Waals surface area contributed by atoms with E-state index in [1.54, 1.807) is 12.1 Å². The Labute approximate surface area is 146 Å². The van der Waals surface area contributed by atoms with Crippen LogP contribution < -0.4 is 0 Å². The lowest BCUT2D eigenvalue weighted by atomic mass is 9.89. The summed E-state index contributed by atoms with van der Waals surface area (Å²) in [7, 11) is 0. The van der Waals surface area contributed by atoms with Crippen molar-refractivity contribution in [3.05, 3.63) is 66.0 Å². The number of tetrazole rings is 1. The number of aromatic nitrogens is 4. The fourth-order valence-corrected chi connectivity index (χ4v) is 3.44. The number of para-hydroxylation sites is 1. The highest BCUT2D eigenvalue weighted by Crippen LogP contribution is 2.29. The Morgan fingerprint density at radius 3 is 2.40 bits per heavy atom. The van der Waals surface area contributed by atoms with Crippen molar-refractivity contribution in [2.45, 2.75) is 25.3 Å². The molecule has 0 amide bonds. The minimum absolute atomic E-state index is 0.328. The molecule has 1 saturated heterocycles. The molecule has 0 radical (unpaired) electrons. The molecule has 6 heteroatoms. The van der Waals surface area contributed by atoms with Crippen LogP contribution in [0, 0.1) is 0 Å². The molecule has 1 N–H and O–H groups in total. The van der Waals surface area contributed by atoms with E-state index in [0.717, 1.165) is 44.0 Å². The number of phenols is 1. The molecule has 1 aliphatic rings. The standard InChI is InChI=1S/C19H21N5O/c25-18-8-6-15(7-9-18)16-10-12-23(13-11-16)14-19-20-21-22-24(19)17-4-2-1-3-5-17/h1-9,16,25H,10-14H2. The summed E-state index contributed by atoms with van der Waals surface area (Å²) in [5.74, 6) is 1.75. The van der Waals surface area contributed by atoms with Gasteiger partial charge in [0.25, 0.3) is 0 Å². The second-order valence-corrected chi connectivity index (χ2v) is 6.48. The van der Waals surface area contributed by atoms with Gasteiger partial charge in [-0.25, -0.2) is 0 Å². The van der Waals surface area contributed by atoms with Gasteiger partial charge in [-0.3, -0.25) is 4.90 Å². The van der Waals surface area contributed by atoms with E-state index >= 15 is 0 Å². The van der Waals surface area contributed by atoms with Crippen LogP contribution in [0.25, 0.3) is 5.69 Å². The molecule has 0 saturated carbocycles. The number of aromatic hydroxyl groups is 1. The van der Waals surface area contributed by atoms with Crippen molar-refractivity contribution in [1.82, 2.24) is 25.1 Å². The number of rotatable bonds is 4. The molecule has 0 bridgehead atoms. The van der Waals surface area contributed by atoms with Gasteiger partial charge in [0.2, 0.25) is 0 Å². The zero-order valence-electron chi connectivity index (χ0n) is 14.0. The van der Waals surface area contributed by atoms with E-state index in [0.29, 0.717) is 11.7 Å². The van der Waals surface area contributed by atoms with Crippen molar-refractivity contribution in [3.63, 3.8) is 0 Å². The van der Waals surface area contributed by atoms with Crippen LogP contribution in [0.1, 0.15) is 30.1 Å². The molecule has 2 aromatic carbocycles. The van der Waals surface area contributed by atoms with Crippen molar-refractivity contribution < 1.29 is 5.11 Å². The Balaban J connectivity index is 1.40. The maximum absolute atomic E-state index is 9.43. The Morgan fingerprint density at radius 1 is 0.960 bits per heavy atom. The van der Waals surface area contributed by atoms with Gasteiger partial charge in [0, 0.05) is 0 Å². The molecule has 0 spiro atoms. The van der Waals surface area contributed by atoms with E-state index in [1.807, 2.05) is 47.1 Å². The van der Waals surface area contributed by atoms with Crippen LogP contribution in [-0.4, -0.2) is 43.3 Å². The summed E-state index contributed by atoms with van der Waals surface area (Å²) in [6, 6.07) is 17.6. The molecule has 3 aromatic rings. The van der Waals surface area contributed by atoms with Gasteiger partial charge in [0.15, 0.2) is 5.82 Å². The number of phenolic OH excluding ortho intramolecular Hbond substituents is 1. The minimum atomic E-state index is 0.328. The molecule has 6 nitrogen and oxygen atoms in total. The Bertz CT molecular complexity index is 807. The smallest absolute Gasteiger partial charge is 0.170 e. The van der Waals surface area contributed by atoms with Crippen LogP contribution >= 0.6 is 0 Å². The summed E-state index contributed by atoms with van der Waals surface area (Å²) >= 11 is 0. The first-order chi connectivity index (χ1) is 12.3. The lowest BCUT2D eigenvalue weighted by Gasteiger charge is -2.31. The second-order valence-electron chi connectivity index (χ2n) is 6.48. The summed E-state index contributed by atoms with van der Waals surface area (Å²) in [5, 5.41) is 21.6. The monoisotopic (exact) mass is 335 g/mol. The van der Waals surface area contributed by atoms with E-state index in [1.165, 1.54) is 5.56 Å². The van der Waals surface area contributed by atoms with Gasteiger partial charge in [-0.2, -0.15) is 4.68 Å². The van der Waals surface area contributed by atoms with Crippen LogP contribution in [-0.2, 0) is 6.54 Å². The number of piperidine rings is 1. The number of likely N-dealkylation sites (tertiary alicyclic amines) is 1. The molecule has 1 fully saturated rings. The summed E-state index contributed by atoms with van der Waals surface area (Å²) in [4.78, 5) is 2.40. The fraction of sp³-hybridized carbons (Fsp3) is 0.316. The third-order valence-corrected chi connectivity index (χ3v) is 4.85. The van der Waals surface area contributed by atoms with Crippen LogP contribution in [0.4, 0.5) is 0 Å². The van der Waals surface area contributed by atoms with E-state index in [-0.39, 0.29) is 0 Å². The number of hydrogen-bond acceptors (Lipinski definition) is 5. The summed E-state index contributed by atoms with van der Waals surface area (Å²) in [6.45, 7) is 2.80. The van der Waals surface area contributed by atoms with Crippen molar-refractivity contribution in [3.8, 4) is 11.4 Å². The number of benzene rings is 2. The number of hydrogen-bond donors (Lipinski definition) is 1. The highest BCUT2D eigenvalue weighted by molar-refractivity contribution is 5.30. The SMILES string of the molecule is Oc1ccc(C2CCN(Cc3nnnn3-c3ccccc3)CC2)cc1. The molecule has 1 aliphatic heterocycles. The van der Waals surface area contributed by atoms with Crippen molar-refractivity contribution in [2.24, 2.45) is 0 Å². The van der Waals surface area contributed by atoms with E-state index in [9.17, 15) is 5.11 Å². The summed E-state index contributed by atoms with van der Waals surface area (Å²) in [6.07, 6.45) is 2.22. The lowest BCUT2D eigenvalue weighted by molar-refractivity contribution is 0.199. The molecule has 0 aliphatic carbocycles. The van der Waals surface area contributed by atoms with Gasteiger partial charge >= 0.3 is 0 Å².